The molecule has 2 heterocycles. The van der Waals surface area contributed by atoms with E-state index in [0.717, 1.165) is 51.8 Å². The monoisotopic (exact) mass is 184 g/mol. The predicted octanol–water partition coefficient (Wildman–Crippen LogP) is 1.16. The molecule has 3 heteroatoms. The maximum absolute atomic E-state index is 11.0. The summed E-state index contributed by atoms with van der Waals surface area (Å²) < 4.78 is 10.4. The maximum atomic E-state index is 11.0. The van der Waals surface area contributed by atoms with E-state index in [1.807, 2.05) is 0 Å². The van der Waals surface area contributed by atoms with Crippen molar-refractivity contribution in [3.8, 4) is 0 Å². The van der Waals surface area contributed by atoms with Crippen LogP contribution in [0.2, 0.25) is 0 Å². The number of epoxide rings is 1. The van der Waals surface area contributed by atoms with Gasteiger partial charge in [0.2, 0.25) is 0 Å². The summed E-state index contributed by atoms with van der Waals surface area (Å²) in [5.41, 5.74) is -0.0931. The Morgan fingerprint density at radius 1 is 1.38 bits per heavy atom. The molecule has 2 aliphatic heterocycles. The Morgan fingerprint density at radius 2 is 2.08 bits per heavy atom. The number of hydrogen-bond donors (Lipinski definition) is 0. The number of carbonyl (C=O) groups excluding carboxylic acids is 1. The largest absolute Gasteiger partial charge is 0.381 e. The molecule has 0 spiro atoms. The molecule has 1 unspecified atom stereocenters. The van der Waals surface area contributed by atoms with Gasteiger partial charge in [0, 0.05) is 18.6 Å². The average molecular weight is 184 g/mol. The minimum atomic E-state index is -0.0931. The van der Waals surface area contributed by atoms with E-state index in [-0.39, 0.29) is 5.41 Å². The molecule has 0 bridgehead atoms. The van der Waals surface area contributed by atoms with Crippen molar-refractivity contribution in [3.63, 3.8) is 0 Å². The Labute approximate surface area is 78.4 Å². The lowest BCUT2D eigenvalue weighted by atomic mass is 9.77. The molecule has 0 radical (unpaired) electrons. The molecular weight excluding hydrogens is 168 g/mol. The van der Waals surface area contributed by atoms with Gasteiger partial charge >= 0.3 is 0 Å². The first-order valence-corrected chi connectivity index (χ1v) is 5.00. The van der Waals surface area contributed by atoms with Gasteiger partial charge in [0.15, 0.2) is 0 Å². The molecule has 0 amide bonds. The lowest BCUT2D eigenvalue weighted by molar-refractivity contribution is -0.122. The zero-order chi connectivity index (χ0) is 9.15. The summed E-state index contributed by atoms with van der Waals surface area (Å²) in [5, 5.41) is 0. The van der Waals surface area contributed by atoms with Crippen LogP contribution in [0, 0.1) is 5.41 Å². The highest BCUT2D eigenvalue weighted by Gasteiger charge is 2.34. The minimum absolute atomic E-state index is 0.0931. The second-order valence-electron chi connectivity index (χ2n) is 4.09. The molecular formula is C10H16O3. The summed E-state index contributed by atoms with van der Waals surface area (Å²) >= 11 is 0. The first kappa shape index (κ1) is 9.16. The third-order valence-electron chi connectivity index (χ3n) is 3.11. The summed E-state index contributed by atoms with van der Waals surface area (Å²) in [4.78, 5) is 11.0. The van der Waals surface area contributed by atoms with Gasteiger partial charge < -0.3 is 14.3 Å². The van der Waals surface area contributed by atoms with Crippen LogP contribution in [0.4, 0.5) is 0 Å². The highest BCUT2D eigenvalue weighted by molar-refractivity contribution is 5.59. The molecule has 2 rings (SSSR count). The Bertz CT molecular complexity index is 181. The summed E-state index contributed by atoms with van der Waals surface area (Å²) in [6, 6.07) is 0. The number of ether oxygens (including phenoxy) is 2. The number of aldehydes is 1. The molecule has 74 valence electrons. The number of hydrogen-bond acceptors (Lipinski definition) is 3. The number of carbonyl (C=O) groups is 1. The van der Waals surface area contributed by atoms with Crippen LogP contribution in [-0.4, -0.2) is 32.2 Å². The fraction of sp³-hybridized carbons (Fsp3) is 0.900. The summed E-state index contributed by atoms with van der Waals surface area (Å²) in [5.74, 6) is 0. The fourth-order valence-electron chi connectivity index (χ4n) is 1.89. The van der Waals surface area contributed by atoms with Crippen LogP contribution in [0.15, 0.2) is 0 Å². The van der Waals surface area contributed by atoms with Crippen molar-refractivity contribution in [1.29, 1.82) is 0 Å². The predicted molar refractivity (Wildman–Crippen MR) is 47.5 cm³/mol. The van der Waals surface area contributed by atoms with E-state index in [1.54, 1.807) is 0 Å². The van der Waals surface area contributed by atoms with Crippen molar-refractivity contribution in [3.05, 3.63) is 0 Å². The Hall–Kier alpha value is -0.410. The normalized spacial score (nSPS) is 31.2. The molecule has 0 N–H and O–H groups in total. The molecule has 0 aromatic rings. The Kier molecular flexibility index (Phi) is 2.65. The van der Waals surface area contributed by atoms with Crippen LogP contribution in [-0.2, 0) is 14.3 Å². The first-order chi connectivity index (χ1) is 6.35. The second kappa shape index (κ2) is 3.76. The summed E-state index contributed by atoms with van der Waals surface area (Å²) in [7, 11) is 0. The molecule has 0 aliphatic carbocycles. The molecule has 2 aliphatic rings. The third kappa shape index (κ3) is 2.29. The number of rotatable bonds is 4. The van der Waals surface area contributed by atoms with Crippen molar-refractivity contribution in [2.24, 2.45) is 5.41 Å². The molecule has 0 saturated carbocycles. The van der Waals surface area contributed by atoms with E-state index < -0.39 is 0 Å². The van der Waals surface area contributed by atoms with Crippen LogP contribution in [0.3, 0.4) is 0 Å². The third-order valence-corrected chi connectivity index (χ3v) is 3.11. The first-order valence-electron chi connectivity index (χ1n) is 5.00. The lowest BCUT2D eigenvalue weighted by Gasteiger charge is -2.31. The Balaban J connectivity index is 1.84. The molecule has 3 nitrogen and oxygen atoms in total. The topological polar surface area (TPSA) is 38.8 Å². The highest BCUT2D eigenvalue weighted by atomic mass is 16.6. The van der Waals surface area contributed by atoms with Crippen LogP contribution >= 0.6 is 0 Å². The molecule has 2 saturated heterocycles. The summed E-state index contributed by atoms with van der Waals surface area (Å²) in [6.07, 6.45) is 5.38. The molecule has 0 aromatic heterocycles. The second-order valence-corrected chi connectivity index (χ2v) is 4.09. The van der Waals surface area contributed by atoms with E-state index >= 15 is 0 Å². The van der Waals surface area contributed by atoms with Gasteiger partial charge in [0.1, 0.15) is 6.29 Å². The van der Waals surface area contributed by atoms with Crippen molar-refractivity contribution in [2.45, 2.75) is 31.8 Å². The minimum Gasteiger partial charge on any atom is -0.381 e. The van der Waals surface area contributed by atoms with Crippen LogP contribution in [0.25, 0.3) is 0 Å². The van der Waals surface area contributed by atoms with Gasteiger partial charge in [-0.1, -0.05) is 0 Å². The Morgan fingerprint density at radius 3 is 2.62 bits per heavy atom. The van der Waals surface area contributed by atoms with Gasteiger partial charge in [-0.3, -0.25) is 0 Å². The lowest BCUT2D eigenvalue weighted by Crippen LogP contribution is -2.31. The van der Waals surface area contributed by atoms with Gasteiger partial charge in [-0.2, -0.15) is 0 Å². The zero-order valence-electron chi connectivity index (χ0n) is 7.83. The standard InChI is InChI=1S/C10H16O3/c11-8-10(2-1-9-7-13-9)3-5-12-6-4-10/h8-9H,1-7H2. The molecule has 1 atom stereocenters. The van der Waals surface area contributed by atoms with E-state index in [1.165, 1.54) is 0 Å². The van der Waals surface area contributed by atoms with Gasteiger partial charge in [-0.25, -0.2) is 0 Å². The fourth-order valence-corrected chi connectivity index (χ4v) is 1.89. The van der Waals surface area contributed by atoms with E-state index in [4.69, 9.17) is 9.47 Å². The maximum Gasteiger partial charge on any atom is 0.126 e. The van der Waals surface area contributed by atoms with Crippen LogP contribution in [0.5, 0.6) is 0 Å². The van der Waals surface area contributed by atoms with Gasteiger partial charge in [-0.15, -0.1) is 0 Å². The van der Waals surface area contributed by atoms with E-state index in [0.29, 0.717) is 6.10 Å². The highest BCUT2D eigenvalue weighted by Crippen LogP contribution is 2.35. The summed E-state index contributed by atoms with van der Waals surface area (Å²) in [6.45, 7) is 2.37. The van der Waals surface area contributed by atoms with Gasteiger partial charge in [-0.05, 0) is 25.7 Å². The van der Waals surface area contributed by atoms with E-state index in [9.17, 15) is 4.79 Å². The van der Waals surface area contributed by atoms with Crippen molar-refractivity contribution in [1.82, 2.24) is 0 Å². The molecule has 2 fully saturated rings. The molecule has 0 aromatic carbocycles. The quantitative estimate of drug-likeness (QED) is 0.486. The van der Waals surface area contributed by atoms with E-state index in [2.05, 4.69) is 0 Å². The van der Waals surface area contributed by atoms with Gasteiger partial charge in [0.25, 0.3) is 0 Å². The smallest absolute Gasteiger partial charge is 0.126 e. The van der Waals surface area contributed by atoms with Crippen LogP contribution in [0.1, 0.15) is 25.7 Å². The SMILES string of the molecule is O=CC1(CCC2CO2)CCOCC1. The molecule has 13 heavy (non-hydrogen) atoms. The van der Waals surface area contributed by atoms with Gasteiger partial charge in [0.05, 0.1) is 12.7 Å². The van der Waals surface area contributed by atoms with Crippen molar-refractivity contribution in [2.75, 3.05) is 19.8 Å². The zero-order valence-corrected chi connectivity index (χ0v) is 7.83. The van der Waals surface area contributed by atoms with Crippen molar-refractivity contribution >= 4 is 6.29 Å². The average Bonchev–Trinajstić information content (AvgIpc) is 3.00. The van der Waals surface area contributed by atoms with Crippen LogP contribution < -0.4 is 0 Å². The van der Waals surface area contributed by atoms with Crippen molar-refractivity contribution < 1.29 is 14.3 Å².